The lowest BCUT2D eigenvalue weighted by Crippen LogP contribution is -2.40. The van der Waals surface area contributed by atoms with Gasteiger partial charge in [0.05, 0.1) is 6.20 Å². The van der Waals surface area contributed by atoms with Crippen LogP contribution in [-0.4, -0.2) is 28.5 Å². The van der Waals surface area contributed by atoms with E-state index in [0.29, 0.717) is 18.5 Å². The molecule has 0 aliphatic carbocycles. The fraction of sp³-hybridized carbons (Fsp3) is 0.545. The maximum Gasteiger partial charge on any atom is 0.214 e. The Labute approximate surface area is 89.7 Å². The molecule has 15 heavy (non-hydrogen) atoms. The molecule has 1 aromatic heterocycles. The summed E-state index contributed by atoms with van der Waals surface area (Å²) in [5, 5.41) is 0. The molecule has 4 heteroatoms. The molecule has 0 aromatic carbocycles. The summed E-state index contributed by atoms with van der Waals surface area (Å²) in [5.74, 6) is -0.0944. The average Bonchev–Trinajstić information content (AvgIpc) is 2.33. The standard InChI is InChI=1S/C11H16N2O2/c1-4-11(5-2,15-3)10(14)9-8-12-6-7-13-9/h6-8H,4-5H2,1-3H3. The summed E-state index contributed by atoms with van der Waals surface area (Å²) in [5.41, 5.74) is -0.390. The summed E-state index contributed by atoms with van der Waals surface area (Å²) in [6, 6.07) is 0. The van der Waals surface area contributed by atoms with Gasteiger partial charge in [-0.3, -0.25) is 9.78 Å². The highest BCUT2D eigenvalue weighted by molar-refractivity contribution is 6.00. The van der Waals surface area contributed by atoms with Gasteiger partial charge in [0, 0.05) is 19.5 Å². The quantitative estimate of drug-likeness (QED) is 0.693. The summed E-state index contributed by atoms with van der Waals surface area (Å²) in [4.78, 5) is 20.0. The van der Waals surface area contributed by atoms with Crippen molar-refractivity contribution < 1.29 is 9.53 Å². The van der Waals surface area contributed by atoms with Crippen molar-refractivity contribution in [3.63, 3.8) is 0 Å². The number of hydrogen-bond donors (Lipinski definition) is 0. The molecule has 0 aliphatic rings. The Morgan fingerprint density at radius 3 is 2.47 bits per heavy atom. The van der Waals surface area contributed by atoms with E-state index in [1.165, 1.54) is 12.4 Å². The Morgan fingerprint density at radius 1 is 1.40 bits per heavy atom. The average molecular weight is 208 g/mol. The van der Waals surface area contributed by atoms with Crippen molar-refractivity contribution in [1.29, 1.82) is 0 Å². The van der Waals surface area contributed by atoms with Gasteiger partial charge in [0.15, 0.2) is 0 Å². The molecule has 0 radical (unpaired) electrons. The molecule has 0 atom stereocenters. The Balaban J connectivity index is 3.01. The molecule has 1 rings (SSSR count). The minimum absolute atomic E-state index is 0.0944. The van der Waals surface area contributed by atoms with E-state index in [0.717, 1.165) is 0 Å². The van der Waals surface area contributed by atoms with Gasteiger partial charge in [-0.1, -0.05) is 13.8 Å². The molecule has 0 saturated carbocycles. The van der Waals surface area contributed by atoms with Crippen LogP contribution in [-0.2, 0) is 4.74 Å². The molecule has 0 spiro atoms. The predicted octanol–water partition coefficient (Wildman–Crippen LogP) is 1.86. The van der Waals surface area contributed by atoms with Gasteiger partial charge < -0.3 is 4.74 Å². The molecule has 4 nitrogen and oxygen atoms in total. The Kier molecular flexibility index (Phi) is 3.91. The first-order valence-corrected chi connectivity index (χ1v) is 5.06. The van der Waals surface area contributed by atoms with Gasteiger partial charge in [0.25, 0.3) is 0 Å². The highest BCUT2D eigenvalue weighted by Crippen LogP contribution is 2.23. The van der Waals surface area contributed by atoms with Gasteiger partial charge in [-0.05, 0) is 12.8 Å². The zero-order chi connectivity index (χ0) is 11.3. The molecule has 0 amide bonds. The molecule has 1 heterocycles. The van der Waals surface area contributed by atoms with Gasteiger partial charge in [-0.2, -0.15) is 0 Å². The maximum atomic E-state index is 12.1. The first-order chi connectivity index (χ1) is 7.20. The fourth-order valence-corrected chi connectivity index (χ4v) is 1.60. The highest BCUT2D eigenvalue weighted by atomic mass is 16.5. The third-order valence-corrected chi connectivity index (χ3v) is 2.74. The summed E-state index contributed by atoms with van der Waals surface area (Å²) in [6.07, 6.45) is 5.80. The van der Waals surface area contributed by atoms with E-state index in [2.05, 4.69) is 9.97 Å². The zero-order valence-corrected chi connectivity index (χ0v) is 9.36. The second kappa shape index (κ2) is 4.98. The second-order valence-corrected chi connectivity index (χ2v) is 3.33. The monoisotopic (exact) mass is 208 g/mol. The normalized spacial score (nSPS) is 11.4. The van der Waals surface area contributed by atoms with E-state index < -0.39 is 5.60 Å². The van der Waals surface area contributed by atoms with Crippen molar-refractivity contribution in [3.8, 4) is 0 Å². The van der Waals surface area contributed by atoms with Crippen LogP contribution in [0.3, 0.4) is 0 Å². The number of aromatic nitrogens is 2. The summed E-state index contributed by atoms with van der Waals surface area (Å²) < 4.78 is 5.34. The van der Waals surface area contributed by atoms with Gasteiger partial charge in [-0.25, -0.2) is 4.98 Å². The Hall–Kier alpha value is -1.29. The molecule has 0 bridgehead atoms. The predicted molar refractivity (Wildman–Crippen MR) is 56.7 cm³/mol. The largest absolute Gasteiger partial charge is 0.370 e. The lowest BCUT2D eigenvalue weighted by atomic mass is 9.90. The number of ether oxygens (including phenoxy) is 1. The molecule has 0 saturated heterocycles. The number of hydrogen-bond acceptors (Lipinski definition) is 4. The highest BCUT2D eigenvalue weighted by Gasteiger charge is 2.36. The minimum Gasteiger partial charge on any atom is -0.370 e. The van der Waals surface area contributed by atoms with Crippen LogP contribution in [0.2, 0.25) is 0 Å². The molecule has 0 fully saturated rings. The maximum absolute atomic E-state index is 12.1. The Bertz CT molecular complexity index is 312. The number of rotatable bonds is 5. The lowest BCUT2D eigenvalue weighted by Gasteiger charge is -2.27. The lowest BCUT2D eigenvalue weighted by molar-refractivity contribution is -0.00305. The molecular formula is C11H16N2O2. The van der Waals surface area contributed by atoms with Crippen LogP contribution in [0.25, 0.3) is 0 Å². The van der Waals surface area contributed by atoms with Crippen LogP contribution >= 0.6 is 0 Å². The van der Waals surface area contributed by atoms with Crippen molar-refractivity contribution >= 4 is 5.78 Å². The Morgan fingerprint density at radius 2 is 2.07 bits per heavy atom. The van der Waals surface area contributed by atoms with Gasteiger partial charge >= 0.3 is 0 Å². The molecule has 0 N–H and O–H groups in total. The van der Waals surface area contributed by atoms with Crippen molar-refractivity contribution in [3.05, 3.63) is 24.3 Å². The van der Waals surface area contributed by atoms with E-state index in [9.17, 15) is 4.79 Å². The number of ketones is 1. The third kappa shape index (κ3) is 2.21. The van der Waals surface area contributed by atoms with Crippen LogP contribution in [0.1, 0.15) is 37.2 Å². The van der Waals surface area contributed by atoms with E-state index in [1.807, 2.05) is 13.8 Å². The first-order valence-electron chi connectivity index (χ1n) is 5.06. The van der Waals surface area contributed by atoms with Gasteiger partial charge in [-0.15, -0.1) is 0 Å². The zero-order valence-electron chi connectivity index (χ0n) is 9.36. The van der Waals surface area contributed by atoms with Crippen LogP contribution in [0, 0.1) is 0 Å². The van der Waals surface area contributed by atoms with Gasteiger partial charge in [0.2, 0.25) is 5.78 Å². The smallest absolute Gasteiger partial charge is 0.214 e. The minimum atomic E-state index is -0.754. The number of carbonyl (C=O) groups is 1. The topological polar surface area (TPSA) is 52.1 Å². The SMILES string of the molecule is CCC(CC)(OC)C(=O)c1cnccn1. The van der Waals surface area contributed by atoms with Crippen molar-refractivity contribution in [1.82, 2.24) is 9.97 Å². The van der Waals surface area contributed by atoms with Crippen LogP contribution in [0.15, 0.2) is 18.6 Å². The number of methoxy groups -OCH3 is 1. The molecular weight excluding hydrogens is 192 g/mol. The number of nitrogens with zero attached hydrogens (tertiary/aromatic N) is 2. The van der Waals surface area contributed by atoms with E-state index in [1.54, 1.807) is 13.3 Å². The van der Waals surface area contributed by atoms with E-state index in [4.69, 9.17) is 4.74 Å². The molecule has 82 valence electrons. The third-order valence-electron chi connectivity index (χ3n) is 2.74. The summed E-state index contributed by atoms with van der Waals surface area (Å²) in [7, 11) is 1.56. The van der Waals surface area contributed by atoms with Crippen molar-refractivity contribution in [2.24, 2.45) is 0 Å². The fourth-order valence-electron chi connectivity index (χ4n) is 1.60. The van der Waals surface area contributed by atoms with Crippen LogP contribution in [0.5, 0.6) is 0 Å². The molecule has 1 aromatic rings. The number of carbonyl (C=O) groups excluding carboxylic acids is 1. The summed E-state index contributed by atoms with van der Waals surface area (Å²) in [6.45, 7) is 3.86. The van der Waals surface area contributed by atoms with E-state index in [-0.39, 0.29) is 5.78 Å². The van der Waals surface area contributed by atoms with Crippen LogP contribution in [0.4, 0.5) is 0 Å². The number of Topliss-reactive ketones (excluding diaryl/α,β-unsaturated/α-hetero) is 1. The van der Waals surface area contributed by atoms with E-state index >= 15 is 0 Å². The van der Waals surface area contributed by atoms with Crippen molar-refractivity contribution in [2.75, 3.05) is 7.11 Å². The van der Waals surface area contributed by atoms with Gasteiger partial charge in [0.1, 0.15) is 11.3 Å². The molecule has 0 aliphatic heterocycles. The first kappa shape index (κ1) is 11.8. The second-order valence-electron chi connectivity index (χ2n) is 3.33. The molecule has 0 unspecified atom stereocenters. The van der Waals surface area contributed by atoms with Crippen LogP contribution < -0.4 is 0 Å². The summed E-state index contributed by atoms with van der Waals surface area (Å²) >= 11 is 0. The van der Waals surface area contributed by atoms with Crippen molar-refractivity contribution in [2.45, 2.75) is 32.3 Å².